The highest BCUT2D eigenvalue weighted by Crippen LogP contribution is 2.23. The molecule has 1 aliphatic heterocycles. The van der Waals surface area contributed by atoms with Crippen LogP contribution in [-0.4, -0.2) is 88.4 Å². The maximum absolute atomic E-state index is 12.8. The van der Waals surface area contributed by atoms with Crippen LogP contribution in [-0.2, 0) is 33.3 Å². The topological polar surface area (TPSA) is 169 Å². The van der Waals surface area contributed by atoms with Crippen LogP contribution in [0.1, 0.15) is 168 Å². The molecule has 1 fully saturated rings. The van der Waals surface area contributed by atoms with Gasteiger partial charge in [-0.05, 0) is 51.4 Å². The predicted octanol–water partition coefficient (Wildman–Crippen LogP) is 10.1. The van der Waals surface area contributed by atoms with E-state index in [1.54, 1.807) is 0 Å². The van der Waals surface area contributed by atoms with Gasteiger partial charge in [0.1, 0.15) is 24.9 Å². The third-order valence-electron chi connectivity index (χ3n) is 10.1. The molecule has 0 amide bonds. The summed E-state index contributed by atoms with van der Waals surface area (Å²) in [6, 6.07) is 0. The van der Waals surface area contributed by atoms with E-state index in [0.29, 0.717) is 12.8 Å². The molecule has 0 bridgehead atoms. The number of carbonyl (C=O) groups excluding carboxylic acids is 2. The Hall–Kier alpha value is -3.35. The summed E-state index contributed by atoms with van der Waals surface area (Å²) >= 11 is 0. The number of carboxylic acid groups (broad SMARTS) is 1. The van der Waals surface area contributed by atoms with E-state index < -0.39 is 61.3 Å². The lowest BCUT2D eigenvalue weighted by Gasteiger charge is -2.38. The van der Waals surface area contributed by atoms with Crippen LogP contribution in [0, 0.1) is 0 Å². The van der Waals surface area contributed by atoms with Gasteiger partial charge in [0.2, 0.25) is 0 Å². The van der Waals surface area contributed by atoms with E-state index in [4.69, 9.17) is 18.9 Å². The molecular formula is C49H80O11. The van der Waals surface area contributed by atoms with Crippen molar-refractivity contribution < 1.29 is 53.8 Å². The molecule has 1 aliphatic rings. The Labute approximate surface area is 361 Å². The SMILES string of the molecule is CC/C=C\C/C=C\C/C=C\C/C=C\C/C=C\C/C=C\CCC(=O)OCC(COC1OC(C(=O)O)C(O)C(O)C1O)OC(=O)CCCCCCCCCCCCCCCCC. The van der Waals surface area contributed by atoms with Gasteiger partial charge < -0.3 is 39.4 Å². The fraction of sp³-hybridized carbons (Fsp3) is 0.694. The number of esters is 2. The van der Waals surface area contributed by atoms with Crippen LogP contribution < -0.4 is 0 Å². The summed E-state index contributed by atoms with van der Waals surface area (Å²) in [5, 5.41) is 39.8. The van der Waals surface area contributed by atoms with Crippen molar-refractivity contribution in [2.24, 2.45) is 0 Å². The molecular weight excluding hydrogens is 765 g/mol. The molecule has 11 nitrogen and oxygen atoms in total. The Morgan fingerprint density at radius 3 is 1.45 bits per heavy atom. The zero-order valence-electron chi connectivity index (χ0n) is 36.9. The first-order valence-corrected chi connectivity index (χ1v) is 23.0. The first-order chi connectivity index (χ1) is 29.2. The van der Waals surface area contributed by atoms with Gasteiger partial charge in [0.05, 0.1) is 6.61 Å². The number of hydrogen-bond donors (Lipinski definition) is 4. The van der Waals surface area contributed by atoms with Crippen molar-refractivity contribution in [3.63, 3.8) is 0 Å². The van der Waals surface area contributed by atoms with Crippen molar-refractivity contribution in [3.05, 3.63) is 72.9 Å². The summed E-state index contributed by atoms with van der Waals surface area (Å²) in [6.07, 6.45) is 39.6. The summed E-state index contributed by atoms with van der Waals surface area (Å²) in [7, 11) is 0. The summed E-state index contributed by atoms with van der Waals surface area (Å²) < 4.78 is 21.7. The van der Waals surface area contributed by atoms with Gasteiger partial charge >= 0.3 is 17.9 Å². The first kappa shape index (κ1) is 54.7. The van der Waals surface area contributed by atoms with E-state index in [-0.39, 0.29) is 19.4 Å². The van der Waals surface area contributed by atoms with Gasteiger partial charge in [0.15, 0.2) is 18.5 Å². The average molecular weight is 845 g/mol. The predicted molar refractivity (Wildman–Crippen MR) is 238 cm³/mol. The van der Waals surface area contributed by atoms with Crippen LogP contribution in [0.5, 0.6) is 0 Å². The highest BCUT2D eigenvalue weighted by atomic mass is 16.7. The molecule has 1 heterocycles. The van der Waals surface area contributed by atoms with Crippen LogP contribution in [0.2, 0.25) is 0 Å². The summed E-state index contributed by atoms with van der Waals surface area (Å²) in [5.41, 5.74) is 0. The molecule has 1 rings (SSSR count). The lowest BCUT2D eigenvalue weighted by Crippen LogP contribution is -2.60. The fourth-order valence-corrected chi connectivity index (χ4v) is 6.49. The highest BCUT2D eigenvalue weighted by molar-refractivity contribution is 5.73. The second-order valence-corrected chi connectivity index (χ2v) is 15.5. The molecule has 4 N–H and O–H groups in total. The maximum atomic E-state index is 12.8. The van der Waals surface area contributed by atoms with E-state index >= 15 is 0 Å². The van der Waals surface area contributed by atoms with Crippen LogP contribution in [0.4, 0.5) is 0 Å². The summed E-state index contributed by atoms with van der Waals surface area (Å²) in [4.78, 5) is 36.8. The largest absolute Gasteiger partial charge is 0.479 e. The monoisotopic (exact) mass is 845 g/mol. The van der Waals surface area contributed by atoms with Gasteiger partial charge in [-0.2, -0.15) is 0 Å². The lowest BCUT2D eigenvalue weighted by atomic mass is 9.99. The fourth-order valence-electron chi connectivity index (χ4n) is 6.49. The molecule has 0 spiro atoms. The molecule has 1 saturated heterocycles. The molecule has 0 aromatic carbocycles. The summed E-state index contributed by atoms with van der Waals surface area (Å²) in [6.45, 7) is 3.63. The Bertz CT molecular complexity index is 1270. The number of carbonyl (C=O) groups is 3. The van der Waals surface area contributed by atoms with Crippen LogP contribution >= 0.6 is 0 Å². The standard InChI is InChI=1S/C49H80O11/c1-3-5-7-9-11-13-15-17-19-20-21-22-24-25-27-29-31-33-35-37-42(50)57-39-41(40-58-49-46(54)44(52)45(53)47(60-49)48(55)56)59-43(51)38-36-34-32-30-28-26-23-18-16-14-12-10-8-6-4-2/h5,7,11,13,17,19,21-22,25,27,31,33,41,44-47,49,52-54H,3-4,6,8-10,12,14-16,18,20,23-24,26,28-30,32,34-40H2,1-2H3,(H,55,56)/b7-5-,13-11-,19-17-,22-21-,27-25-,33-31-. The molecule has 6 atom stereocenters. The van der Waals surface area contributed by atoms with Gasteiger partial charge in [0.25, 0.3) is 0 Å². The summed E-state index contributed by atoms with van der Waals surface area (Å²) in [5.74, 6) is -2.55. The molecule has 11 heteroatoms. The quantitative estimate of drug-likeness (QED) is 0.0267. The molecule has 60 heavy (non-hydrogen) atoms. The number of carboxylic acids is 1. The van der Waals surface area contributed by atoms with Gasteiger partial charge in [-0.3, -0.25) is 9.59 Å². The normalized spacial score (nSPS) is 20.4. The molecule has 0 saturated carbocycles. The van der Waals surface area contributed by atoms with Crippen molar-refractivity contribution in [2.75, 3.05) is 13.2 Å². The number of allylic oxidation sites excluding steroid dienone is 12. The smallest absolute Gasteiger partial charge is 0.335 e. The Morgan fingerprint density at radius 2 is 0.983 bits per heavy atom. The number of aliphatic hydroxyl groups is 3. The number of rotatable bonds is 37. The highest BCUT2D eigenvalue weighted by Gasteiger charge is 2.47. The molecule has 6 unspecified atom stereocenters. The Kier molecular flexibility index (Phi) is 35.1. The number of unbranched alkanes of at least 4 members (excludes halogenated alkanes) is 14. The van der Waals surface area contributed by atoms with Gasteiger partial charge in [-0.1, -0.05) is 177 Å². The minimum absolute atomic E-state index is 0.109. The van der Waals surface area contributed by atoms with E-state index in [1.807, 2.05) is 12.2 Å². The van der Waals surface area contributed by atoms with Crippen molar-refractivity contribution in [3.8, 4) is 0 Å². The van der Waals surface area contributed by atoms with Crippen LogP contribution in [0.3, 0.4) is 0 Å². The van der Waals surface area contributed by atoms with E-state index in [0.717, 1.165) is 57.8 Å². The minimum Gasteiger partial charge on any atom is -0.479 e. The third-order valence-corrected chi connectivity index (χ3v) is 10.1. The van der Waals surface area contributed by atoms with Crippen molar-refractivity contribution in [1.29, 1.82) is 0 Å². The van der Waals surface area contributed by atoms with Gasteiger partial charge in [-0.15, -0.1) is 0 Å². The number of ether oxygens (including phenoxy) is 4. The zero-order valence-corrected chi connectivity index (χ0v) is 36.9. The van der Waals surface area contributed by atoms with Crippen molar-refractivity contribution in [2.45, 2.75) is 205 Å². The second-order valence-electron chi connectivity index (χ2n) is 15.5. The maximum Gasteiger partial charge on any atom is 0.335 e. The number of aliphatic hydroxyl groups excluding tert-OH is 3. The minimum atomic E-state index is -1.87. The zero-order chi connectivity index (χ0) is 43.9. The second kappa shape index (κ2) is 38.6. The molecule has 0 aromatic heterocycles. The first-order valence-electron chi connectivity index (χ1n) is 23.0. The average Bonchev–Trinajstić information content (AvgIpc) is 3.23. The van der Waals surface area contributed by atoms with Gasteiger partial charge in [0, 0.05) is 12.8 Å². The Balaban J connectivity index is 2.42. The van der Waals surface area contributed by atoms with Gasteiger partial charge in [-0.25, -0.2) is 4.79 Å². The van der Waals surface area contributed by atoms with E-state index in [9.17, 15) is 34.8 Å². The Morgan fingerprint density at radius 1 is 0.533 bits per heavy atom. The molecule has 342 valence electrons. The van der Waals surface area contributed by atoms with E-state index in [1.165, 1.54) is 70.6 Å². The molecule has 0 aromatic rings. The van der Waals surface area contributed by atoms with Crippen molar-refractivity contribution >= 4 is 17.9 Å². The molecule has 0 radical (unpaired) electrons. The van der Waals surface area contributed by atoms with Crippen LogP contribution in [0.25, 0.3) is 0 Å². The van der Waals surface area contributed by atoms with Crippen molar-refractivity contribution in [1.82, 2.24) is 0 Å². The van der Waals surface area contributed by atoms with E-state index in [2.05, 4.69) is 74.6 Å². The number of aliphatic carboxylic acids is 1. The number of hydrogen-bond acceptors (Lipinski definition) is 10. The van der Waals surface area contributed by atoms with Crippen LogP contribution in [0.15, 0.2) is 72.9 Å². The molecule has 0 aliphatic carbocycles. The lowest BCUT2D eigenvalue weighted by molar-refractivity contribution is -0.298. The third kappa shape index (κ3) is 29.8.